The SMILES string of the molecule is C[n+]1cc(Br)cc(-c2nc3ccc([N+](=O)[O-])cc3o2)c1. The monoisotopic (exact) mass is 334 g/mol. The third-order valence-corrected chi connectivity index (χ3v) is 3.23. The summed E-state index contributed by atoms with van der Waals surface area (Å²) in [5.74, 6) is 0.428. The number of pyridine rings is 1. The maximum absolute atomic E-state index is 10.7. The molecule has 0 atom stereocenters. The Kier molecular flexibility index (Phi) is 2.98. The van der Waals surface area contributed by atoms with Crippen LogP contribution in [0.25, 0.3) is 22.6 Å². The second-order valence-corrected chi connectivity index (χ2v) is 5.25. The minimum Gasteiger partial charge on any atom is -0.436 e. The van der Waals surface area contributed by atoms with Gasteiger partial charge in [0.1, 0.15) is 18.1 Å². The number of halogens is 1. The third-order valence-electron chi connectivity index (χ3n) is 2.79. The van der Waals surface area contributed by atoms with E-state index in [1.54, 1.807) is 6.07 Å². The number of oxazole rings is 1. The van der Waals surface area contributed by atoms with Gasteiger partial charge in [0.2, 0.25) is 5.89 Å². The lowest BCUT2D eigenvalue weighted by molar-refractivity contribution is -0.671. The zero-order valence-corrected chi connectivity index (χ0v) is 12.0. The number of hydrogen-bond donors (Lipinski definition) is 0. The van der Waals surface area contributed by atoms with Crippen LogP contribution in [0.1, 0.15) is 0 Å². The first-order valence-electron chi connectivity index (χ1n) is 5.74. The minimum atomic E-state index is -0.458. The number of hydrogen-bond acceptors (Lipinski definition) is 4. The summed E-state index contributed by atoms with van der Waals surface area (Å²) in [4.78, 5) is 14.6. The number of rotatable bonds is 2. The van der Waals surface area contributed by atoms with Crippen LogP contribution >= 0.6 is 15.9 Å². The molecule has 0 bridgehead atoms. The molecule has 20 heavy (non-hydrogen) atoms. The summed E-state index contributed by atoms with van der Waals surface area (Å²) in [6.07, 6.45) is 3.76. The van der Waals surface area contributed by atoms with Crippen LogP contribution in [0.4, 0.5) is 5.69 Å². The Bertz CT molecular complexity index is 809. The molecule has 0 aliphatic rings. The molecule has 0 aliphatic heterocycles. The van der Waals surface area contributed by atoms with E-state index < -0.39 is 4.92 Å². The van der Waals surface area contributed by atoms with Crippen LogP contribution in [0.3, 0.4) is 0 Å². The van der Waals surface area contributed by atoms with Gasteiger partial charge in [-0.3, -0.25) is 10.1 Å². The summed E-state index contributed by atoms with van der Waals surface area (Å²) in [7, 11) is 1.89. The number of benzene rings is 1. The predicted molar refractivity (Wildman–Crippen MR) is 75.0 cm³/mol. The van der Waals surface area contributed by atoms with Crippen LogP contribution in [0.15, 0.2) is 45.5 Å². The zero-order chi connectivity index (χ0) is 14.3. The van der Waals surface area contributed by atoms with E-state index in [1.165, 1.54) is 12.1 Å². The molecule has 0 aliphatic carbocycles. The molecular weight excluding hydrogens is 326 g/mol. The first-order chi connectivity index (χ1) is 9.52. The highest BCUT2D eigenvalue weighted by molar-refractivity contribution is 9.10. The van der Waals surface area contributed by atoms with E-state index in [1.807, 2.05) is 30.1 Å². The Balaban J connectivity index is 2.15. The van der Waals surface area contributed by atoms with Crippen molar-refractivity contribution in [2.75, 3.05) is 0 Å². The molecule has 2 aromatic heterocycles. The number of non-ortho nitro benzene ring substituents is 1. The molecule has 0 saturated carbocycles. The number of aryl methyl sites for hydroxylation is 1. The lowest BCUT2D eigenvalue weighted by atomic mass is 10.3. The van der Waals surface area contributed by atoms with Crippen molar-refractivity contribution in [3.05, 3.63) is 51.2 Å². The third kappa shape index (κ3) is 2.27. The molecule has 3 aromatic rings. The number of nitro groups is 1. The average molecular weight is 335 g/mol. The second kappa shape index (κ2) is 4.68. The van der Waals surface area contributed by atoms with Gasteiger partial charge in [-0.2, -0.15) is 0 Å². The van der Waals surface area contributed by atoms with E-state index in [0.29, 0.717) is 17.0 Å². The van der Waals surface area contributed by atoms with E-state index >= 15 is 0 Å². The van der Waals surface area contributed by atoms with Crippen molar-refractivity contribution in [3.63, 3.8) is 0 Å². The lowest BCUT2D eigenvalue weighted by Crippen LogP contribution is -2.26. The zero-order valence-electron chi connectivity index (χ0n) is 10.4. The van der Waals surface area contributed by atoms with E-state index in [0.717, 1.165) is 10.0 Å². The molecule has 0 fully saturated rings. The minimum absolute atomic E-state index is 0.0139. The van der Waals surface area contributed by atoms with Crippen molar-refractivity contribution in [3.8, 4) is 11.5 Å². The molecular formula is C13H9BrN3O3+. The fourth-order valence-corrected chi connectivity index (χ4v) is 2.51. The summed E-state index contributed by atoms with van der Waals surface area (Å²) >= 11 is 3.41. The maximum Gasteiger partial charge on any atom is 0.273 e. The van der Waals surface area contributed by atoms with Gasteiger partial charge in [0.05, 0.1) is 15.5 Å². The van der Waals surface area contributed by atoms with Gasteiger partial charge in [0.15, 0.2) is 18.0 Å². The van der Waals surface area contributed by atoms with E-state index in [-0.39, 0.29) is 5.69 Å². The lowest BCUT2D eigenvalue weighted by Gasteiger charge is -1.94. The van der Waals surface area contributed by atoms with Crippen molar-refractivity contribution in [2.45, 2.75) is 0 Å². The topological polar surface area (TPSA) is 73.0 Å². The van der Waals surface area contributed by atoms with Gasteiger partial charge in [-0.05, 0) is 28.1 Å². The second-order valence-electron chi connectivity index (χ2n) is 4.34. The van der Waals surface area contributed by atoms with Crippen LogP contribution in [0.2, 0.25) is 0 Å². The van der Waals surface area contributed by atoms with Crippen molar-refractivity contribution in [1.29, 1.82) is 0 Å². The first kappa shape index (κ1) is 12.7. The van der Waals surface area contributed by atoms with Crippen LogP contribution in [0.5, 0.6) is 0 Å². The number of nitro benzene ring substituents is 1. The van der Waals surface area contributed by atoms with Crippen LogP contribution in [-0.4, -0.2) is 9.91 Å². The summed E-state index contributed by atoms with van der Waals surface area (Å²) in [5.41, 5.74) is 1.77. The fraction of sp³-hybridized carbons (Fsp3) is 0.0769. The highest BCUT2D eigenvalue weighted by Crippen LogP contribution is 2.27. The average Bonchev–Trinajstić information content (AvgIpc) is 2.80. The maximum atomic E-state index is 10.7. The molecule has 0 radical (unpaired) electrons. The molecule has 0 saturated heterocycles. The molecule has 100 valence electrons. The Hall–Kier alpha value is -2.28. The quantitative estimate of drug-likeness (QED) is 0.410. The van der Waals surface area contributed by atoms with Crippen molar-refractivity contribution < 1.29 is 13.9 Å². The van der Waals surface area contributed by atoms with E-state index in [2.05, 4.69) is 20.9 Å². The highest BCUT2D eigenvalue weighted by Gasteiger charge is 2.15. The van der Waals surface area contributed by atoms with Crippen LogP contribution < -0.4 is 4.57 Å². The molecule has 2 heterocycles. The smallest absolute Gasteiger partial charge is 0.273 e. The highest BCUT2D eigenvalue weighted by atomic mass is 79.9. The van der Waals surface area contributed by atoms with Crippen LogP contribution in [-0.2, 0) is 7.05 Å². The standard InChI is InChI=1S/C13H9BrN3O3/c1-16-6-8(4-9(14)7-16)13-15-11-3-2-10(17(18)19)5-12(11)20-13/h2-7H,1H3/q+1. The molecule has 0 amide bonds. The Morgan fingerprint density at radius 2 is 2.15 bits per heavy atom. The van der Waals surface area contributed by atoms with Gasteiger partial charge in [0, 0.05) is 6.07 Å². The van der Waals surface area contributed by atoms with Gasteiger partial charge in [-0.15, -0.1) is 0 Å². The van der Waals surface area contributed by atoms with Crippen LogP contribution in [0, 0.1) is 10.1 Å². The Morgan fingerprint density at radius 1 is 1.35 bits per heavy atom. The molecule has 1 aromatic carbocycles. The van der Waals surface area contributed by atoms with Crippen molar-refractivity contribution >= 4 is 32.7 Å². The van der Waals surface area contributed by atoms with Gasteiger partial charge in [-0.25, -0.2) is 9.55 Å². The molecule has 7 heteroatoms. The molecule has 0 spiro atoms. The summed E-state index contributed by atoms with van der Waals surface area (Å²) in [5, 5.41) is 10.7. The molecule has 3 rings (SSSR count). The summed E-state index contributed by atoms with van der Waals surface area (Å²) < 4.78 is 8.37. The number of aromatic nitrogens is 2. The number of fused-ring (bicyclic) bond motifs is 1. The Morgan fingerprint density at radius 3 is 2.85 bits per heavy atom. The fourth-order valence-electron chi connectivity index (χ4n) is 1.94. The largest absolute Gasteiger partial charge is 0.436 e. The number of nitrogens with zero attached hydrogens (tertiary/aromatic N) is 3. The van der Waals surface area contributed by atoms with Gasteiger partial charge in [-0.1, -0.05) is 0 Å². The summed E-state index contributed by atoms with van der Waals surface area (Å²) in [6, 6.07) is 6.25. The van der Waals surface area contributed by atoms with E-state index in [4.69, 9.17) is 4.42 Å². The van der Waals surface area contributed by atoms with Gasteiger partial charge < -0.3 is 4.42 Å². The molecule has 6 nitrogen and oxygen atoms in total. The molecule has 0 unspecified atom stereocenters. The Labute approximate surface area is 121 Å². The summed E-state index contributed by atoms with van der Waals surface area (Å²) in [6.45, 7) is 0. The van der Waals surface area contributed by atoms with Gasteiger partial charge >= 0.3 is 0 Å². The normalized spacial score (nSPS) is 10.9. The first-order valence-corrected chi connectivity index (χ1v) is 6.53. The van der Waals surface area contributed by atoms with Crippen molar-refractivity contribution in [1.82, 2.24) is 4.98 Å². The van der Waals surface area contributed by atoms with Gasteiger partial charge in [0.25, 0.3) is 5.69 Å². The molecule has 0 N–H and O–H groups in total. The van der Waals surface area contributed by atoms with E-state index in [9.17, 15) is 10.1 Å². The van der Waals surface area contributed by atoms with Crippen molar-refractivity contribution in [2.24, 2.45) is 7.05 Å². The predicted octanol–water partition coefficient (Wildman–Crippen LogP) is 2.99.